The highest BCUT2D eigenvalue weighted by atomic mass is 79.9. The van der Waals surface area contributed by atoms with Crippen molar-refractivity contribution in [1.82, 2.24) is 0 Å². The molecule has 0 heterocycles. The fraction of sp³-hybridized carbons (Fsp3) is 0.235. The molecule has 0 aliphatic heterocycles. The third kappa shape index (κ3) is 3.76. The van der Waals surface area contributed by atoms with Crippen LogP contribution in [0.25, 0.3) is 0 Å². The van der Waals surface area contributed by atoms with Gasteiger partial charge in [-0.2, -0.15) is 0 Å². The minimum atomic E-state index is -0.283. The average Bonchev–Trinajstić information content (AvgIpc) is 2.54. The first kappa shape index (κ1) is 17.1. The largest absolute Gasteiger partial charge is 0.497 e. The second-order valence-electron chi connectivity index (χ2n) is 4.82. The summed E-state index contributed by atoms with van der Waals surface area (Å²) in [6.45, 7) is 1.88. The summed E-state index contributed by atoms with van der Waals surface area (Å²) >= 11 is 3.40. The van der Waals surface area contributed by atoms with Crippen LogP contribution in [0.2, 0.25) is 0 Å². The lowest BCUT2D eigenvalue weighted by Crippen LogP contribution is -2.14. The van der Waals surface area contributed by atoms with E-state index in [9.17, 15) is 4.79 Å². The molecule has 2 rings (SSSR count). The molecule has 0 aliphatic carbocycles. The Labute approximate surface area is 143 Å². The Kier molecular flexibility index (Phi) is 5.50. The number of amides is 1. The second-order valence-corrected chi connectivity index (χ2v) is 5.74. The van der Waals surface area contributed by atoms with Crippen LogP contribution in [0.4, 0.5) is 5.69 Å². The maximum Gasteiger partial charge on any atom is 0.259 e. The van der Waals surface area contributed by atoms with E-state index < -0.39 is 0 Å². The van der Waals surface area contributed by atoms with E-state index in [0.29, 0.717) is 28.5 Å². The number of benzene rings is 2. The molecule has 0 unspecified atom stereocenters. The van der Waals surface area contributed by atoms with Crippen LogP contribution in [0.15, 0.2) is 34.8 Å². The van der Waals surface area contributed by atoms with Gasteiger partial charge in [-0.1, -0.05) is 15.9 Å². The van der Waals surface area contributed by atoms with E-state index in [1.807, 2.05) is 13.0 Å². The Hall–Kier alpha value is -2.21. The lowest BCUT2D eigenvalue weighted by molar-refractivity contribution is 0.102. The number of methoxy groups -OCH3 is 3. The summed E-state index contributed by atoms with van der Waals surface area (Å²) in [5.41, 5.74) is 1.86. The van der Waals surface area contributed by atoms with Crippen LogP contribution >= 0.6 is 15.9 Å². The van der Waals surface area contributed by atoms with Crippen LogP contribution in [-0.2, 0) is 0 Å². The number of halogens is 1. The molecule has 0 saturated heterocycles. The number of nitrogens with one attached hydrogen (secondary N) is 1. The predicted molar refractivity (Wildman–Crippen MR) is 92.9 cm³/mol. The van der Waals surface area contributed by atoms with Gasteiger partial charge in [-0.3, -0.25) is 4.79 Å². The van der Waals surface area contributed by atoms with Crippen LogP contribution in [0, 0.1) is 6.92 Å². The molecule has 2 aromatic carbocycles. The smallest absolute Gasteiger partial charge is 0.259 e. The number of anilines is 1. The summed E-state index contributed by atoms with van der Waals surface area (Å²) in [5.74, 6) is 1.42. The topological polar surface area (TPSA) is 56.8 Å². The van der Waals surface area contributed by atoms with E-state index >= 15 is 0 Å². The molecule has 5 nitrogen and oxygen atoms in total. The minimum Gasteiger partial charge on any atom is -0.497 e. The zero-order chi connectivity index (χ0) is 17.0. The molecule has 0 spiro atoms. The van der Waals surface area contributed by atoms with Gasteiger partial charge in [-0.05, 0) is 36.8 Å². The van der Waals surface area contributed by atoms with E-state index in [-0.39, 0.29) is 5.91 Å². The number of ether oxygens (including phenoxy) is 3. The maximum absolute atomic E-state index is 12.6. The van der Waals surface area contributed by atoms with Gasteiger partial charge < -0.3 is 19.5 Å². The lowest BCUT2D eigenvalue weighted by atomic mass is 10.1. The van der Waals surface area contributed by atoms with Crippen molar-refractivity contribution in [2.75, 3.05) is 26.6 Å². The normalized spacial score (nSPS) is 10.1. The number of hydrogen-bond acceptors (Lipinski definition) is 4. The van der Waals surface area contributed by atoms with Gasteiger partial charge in [0, 0.05) is 10.5 Å². The summed E-state index contributed by atoms with van der Waals surface area (Å²) in [7, 11) is 4.65. The van der Waals surface area contributed by atoms with Crippen LogP contribution in [0.5, 0.6) is 17.2 Å². The van der Waals surface area contributed by atoms with Gasteiger partial charge in [0.1, 0.15) is 17.2 Å². The van der Waals surface area contributed by atoms with E-state index in [1.54, 1.807) is 38.5 Å². The summed E-state index contributed by atoms with van der Waals surface area (Å²) in [6.07, 6.45) is 0. The Bertz CT molecular complexity index is 731. The van der Waals surface area contributed by atoms with E-state index in [1.165, 1.54) is 7.11 Å². The van der Waals surface area contributed by atoms with Crippen molar-refractivity contribution in [1.29, 1.82) is 0 Å². The van der Waals surface area contributed by atoms with Crippen molar-refractivity contribution in [2.24, 2.45) is 0 Å². The fourth-order valence-electron chi connectivity index (χ4n) is 2.26. The molecular formula is C17H18BrNO4. The molecule has 0 bridgehead atoms. The van der Waals surface area contributed by atoms with Crippen LogP contribution in [-0.4, -0.2) is 27.2 Å². The molecule has 6 heteroatoms. The Morgan fingerprint density at radius 2 is 1.78 bits per heavy atom. The molecule has 1 amide bonds. The summed E-state index contributed by atoms with van der Waals surface area (Å²) in [6, 6.07) is 8.80. The molecule has 0 saturated carbocycles. The van der Waals surface area contributed by atoms with E-state index in [4.69, 9.17) is 14.2 Å². The van der Waals surface area contributed by atoms with Crippen molar-refractivity contribution in [3.05, 3.63) is 45.9 Å². The standard InChI is InChI=1S/C17H18BrNO4/c1-10-7-11(18)8-13(16(10)23-4)17(20)19-14-6-5-12(21-2)9-15(14)22-3/h5-9H,1-4H3,(H,19,20). The van der Waals surface area contributed by atoms with Gasteiger partial charge in [-0.25, -0.2) is 0 Å². The fourth-order valence-corrected chi connectivity index (χ4v) is 2.83. The molecule has 2 aromatic rings. The molecule has 122 valence electrons. The number of rotatable bonds is 5. The van der Waals surface area contributed by atoms with Crippen LogP contribution in [0.1, 0.15) is 15.9 Å². The first-order chi connectivity index (χ1) is 11.0. The Morgan fingerprint density at radius 3 is 2.39 bits per heavy atom. The lowest BCUT2D eigenvalue weighted by Gasteiger charge is -2.14. The van der Waals surface area contributed by atoms with Crippen molar-refractivity contribution >= 4 is 27.5 Å². The molecule has 0 fully saturated rings. The maximum atomic E-state index is 12.6. The van der Waals surface area contributed by atoms with Crippen molar-refractivity contribution in [2.45, 2.75) is 6.92 Å². The Morgan fingerprint density at radius 1 is 1.04 bits per heavy atom. The average molecular weight is 380 g/mol. The number of carbonyl (C=O) groups is 1. The summed E-state index contributed by atoms with van der Waals surface area (Å²) in [4.78, 5) is 12.6. The molecule has 1 N–H and O–H groups in total. The molecular weight excluding hydrogens is 362 g/mol. The van der Waals surface area contributed by atoms with Crippen molar-refractivity contribution in [3.63, 3.8) is 0 Å². The van der Waals surface area contributed by atoms with Crippen molar-refractivity contribution < 1.29 is 19.0 Å². The molecule has 0 aromatic heterocycles. The first-order valence-corrected chi connectivity index (χ1v) is 7.67. The van der Waals surface area contributed by atoms with Gasteiger partial charge in [0.15, 0.2) is 0 Å². The van der Waals surface area contributed by atoms with Crippen molar-refractivity contribution in [3.8, 4) is 17.2 Å². The number of aryl methyl sites for hydroxylation is 1. The van der Waals surface area contributed by atoms with Gasteiger partial charge in [0.25, 0.3) is 5.91 Å². The van der Waals surface area contributed by atoms with E-state index in [2.05, 4.69) is 21.2 Å². The van der Waals surface area contributed by atoms with E-state index in [0.717, 1.165) is 10.0 Å². The molecule has 0 radical (unpaired) electrons. The quantitative estimate of drug-likeness (QED) is 0.851. The van der Waals surface area contributed by atoms with Gasteiger partial charge >= 0.3 is 0 Å². The monoisotopic (exact) mass is 379 g/mol. The number of carbonyl (C=O) groups excluding carboxylic acids is 1. The molecule has 0 atom stereocenters. The zero-order valence-electron chi connectivity index (χ0n) is 13.4. The molecule has 23 heavy (non-hydrogen) atoms. The van der Waals surface area contributed by atoms with Gasteiger partial charge in [0.2, 0.25) is 0 Å². The third-order valence-electron chi connectivity index (χ3n) is 3.35. The highest BCUT2D eigenvalue weighted by Gasteiger charge is 2.17. The van der Waals surface area contributed by atoms with Crippen LogP contribution < -0.4 is 19.5 Å². The zero-order valence-corrected chi connectivity index (χ0v) is 15.0. The SMILES string of the molecule is COc1ccc(NC(=O)c2cc(Br)cc(C)c2OC)c(OC)c1. The molecule has 0 aliphatic rings. The minimum absolute atomic E-state index is 0.283. The Balaban J connectivity index is 2.36. The first-order valence-electron chi connectivity index (χ1n) is 6.87. The summed E-state index contributed by atoms with van der Waals surface area (Å²) < 4.78 is 16.6. The van der Waals surface area contributed by atoms with Gasteiger partial charge in [-0.15, -0.1) is 0 Å². The summed E-state index contributed by atoms with van der Waals surface area (Å²) in [5, 5.41) is 2.84. The third-order valence-corrected chi connectivity index (χ3v) is 3.80. The second kappa shape index (κ2) is 7.37. The van der Waals surface area contributed by atoms with Gasteiger partial charge in [0.05, 0.1) is 32.6 Å². The number of hydrogen-bond donors (Lipinski definition) is 1. The highest BCUT2D eigenvalue weighted by Crippen LogP contribution is 2.32. The predicted octanol–water partition coefficient (Wildman–Crippen LogP) is 4.04. The highest BCUT2D eigenvalue weighted by molar-refractivity contribution is 9.10. The van der Waals surface area contributed by atoms with Crippen LogP contribution in [0.3, 0.4) is 0 Å².